The first-order valence-electron chi connectivity index (χ1n) is 14.8. The van der Waals surface area contributed by atoms with Gasteiger partial charge in [0, 0.05) is 69.0 Å². The van der Waals surface area contributed by atoms with E-state index in [0.717, 1.165) is 25.5 Å². The van der Waals surface area contributed by atoms with E-state index in [4.69, 9.17) is 25.8 Å². The third-order valence-electron chi connectivity index (χ3n) is 6.86. The Balaban J connectivity index is 0.000000874. The number of ether oxygens (including phenoxy) is 3. The number of nitrogens with zero attached hydrogens (tertiary/aromatic N) is 4. The molecular weight excluding hydrogens is 608 g/mol. The number of likely N-dealkylation sites (N-methyl/N-ethyl adjacent to an activating group) is 1. The maximum absolute atomic E-state index is 12.5. The van der Waals surface area contributed by atoms with Gasteiger partial charge in [0.05, 0.1) is 39.8 Å². The first-order valence-corrected chi connectivity index (χ1v) is 15.1. The first-order chi connectivity index (χ1) is 22.4. The third-order valence-corrected chi connectivity index (χ3v) is 7.15. The summed E-state index contributed by atoms with van der Waals surface area (Å²) in [6.45, 7) is 4.13. The smallest absolute Gasteiger partial charge is 0.248 e. The largest absolute Gasteiger partial charge is 0.506 e. The molecule has 2 aromatic heterocycles. The Hall–Kier alpha value is -4.73. The van der Waals surface area contributed by atoms with Crippen LogP contribution in [0, 0.1) is 11.3 Å². The van der Waals surface area contributed by atoms with Gasteiger partial charge >= 0.3 is 0 Å². The van der Waals surface area contributed by atoms with E-state index in [1.165, 1.54) is 31.2 Å². The van der Waals surface area contributed by atoms with Crippen molar-refractivity contribution in [1.29, 1.82) is 5.26 Å². The zero-order valence-corrected chi connectivity index (χ0v) is 26.6. The lowest BCUT2D eigenvalue weighted by molar-refractivity contribution is -0.111. The molecule has 1 saturated heterocycles. The monoisotopic (exact) mass is 644 g/mol. The molecule has 0 radical (unpaired) electrons. The molecule has 0 aliphatic carbocycles. The minimum atomic E-state index is -0.410. The van der Waals surface area contributed by atoms with Crippen molar-refractivity contribution in [3.05, 3.63) is 89.4 Å². The van der Waals surface area contributed by atoms with Gasteiger partial charge in [-0.2, -0.15) is 5.26 Å². The minimum absolute atomic E-state index is 0.155. The molecule has 1 aliphatic heterocycles. The van der Waals surface area contributed by atoms with Crippen LogP contribution in [0.4, 0.5) is 17.1 Å². The summed E-state index contributed by atoms with van der Waals surface area (Å²) in [5, 5.41) is 27.1. The summed E-state index contributed by atoms with van der Waals surface area (Å²) in [5.74, 6) is -0.0836. The number of phenols is 1. The van der Waals surface area contributed by atoms with E-state index >= 15 is 0 Å². The molecule has 1 fully saturated rings. The van der Waals surface area contributed by atoms with E-state index in [1.807, 2.05) is 30.1 Å². The molecule has 1 aliphatic rings. The number of carbonyl (C=O) groups excluding carboxylic acids is 1. The number of aromatic hydroxyl groups is 1. The summed E-state index contributed by atoms with van der Waals surface area (Å²) in [7, 11) is 3.55. The van der Waals surface area contributed by atoms with Crippen molar-refractivity contribution < 1.29 is 24.1 Å². The minimum Gasteiger partial charge on any atom is -0.506 e. The Morgan fingerprint density at radius 2 is 2.02 bits per heavy atom. The van der Waals surface area contributed by atoms with E-state index in [-0.39, 0.29) is 23.6 Å². The van der Waals surface area contributed by atoms with Crippen LogP contribution in [0.15, 0.2) is 73.1 Å². The van der Waals surface area contributed by atoms with Crippen LogP contribution in [0.1, 0.15) is 24.1 Å². The van der Waals surface area contributed by atoms with Crippen LogP contribution in [-0.2, 0) is 20.9 Å². The molecule has 1 amide bonds. The van der Waals surface area contributed by atoms with Gasteiger partial charge in [0.15, 0.2) is 0 Å². The number of carbonyl (C=O) groups is 1. The number of aromatic nitrogens is 2. The van der Waals surface area contributed by atoms with E-state index in [9.17, 15) is 15.2 Å². The molecule has 3 heterocycles. The molecule has 240 valence electrons. The quantitative estimate of drug-likeness (QED) is 0.123. The zero-order valence-electron chi connectivity index (χ0n) is 25.8. The number of hydrogen-bond acceptors (Lipinski definition) is 10. The van der Waals surface area contributed by atoms with Crippen LogP contribution in [0.5, 0.6) is 11.5 Å². The van der Waals surface area contributed by atoms with Crippen molar-refractivity contribution in [1.82, 2.24) is 14.9 Å². The number of methoxy groups -OCH3 is 1. The van der Waals surface area contributed by atoms with Gasteiger partial charge in [-0.15, -0.1) is 0 Å². The lowest BCUT2D eigenvalue weighted by atomic mass is 10.1. The highest BCUT2D eigenvalue weighted by Crippen LogP contribution is 2.37. The van der Waals surface area contributed by atoms with Gasteiger partial charge < -0.3 is 34.9 Å². The molecule has 0 unspecified atom stereocenters. The van der Waals surface area contributed by atoms with Crippen LogP contribution in [0.3, 0.4) is 0 Å². The fraction of sp³-hybridized carbons (Fsp3) is 0.294. The van der Waals surface area contributed by atoms with Gasteiger partial charge in [0.1, 0.15) is 24.2 Å². The molecule has 0 bridgehead atoms. The summed E-state index contributed by atoms with van der Waals surface area (Å²) in [4.78, 5) is 23.1. The van der Waals surface area contributed by atoms with Crippen molar-refractivity contribution >= 4 is 45.5 Å². The second kappa shape index (κ2) is 17.7. The number of fused-ring (bicyclic) bond motifs is 1. The molecular formula is C34H37ClN6O5. The molecule has 0 saturated carbocycles. The van der Waals surface area contributed by atoms with E-state index in [0.29, 0.717) is 46.2 Å². The highest BCUT2D eigenvalue weighted by molar-refractivity contribution is 6.32. The van der Waals surface area contributed by atoms with Crippen molar-refractivity contribution in [3.63, 3.8) is 0 Å². The molecule has 46 heavy (non-hydrogen) atoms. The molecule has 3 N–H and O–H groups in total. The molecule has 0 atom stereocenters. The molecule has 0 spiro atoms. The van der Waals surface area contributed by atoms with E-state index in [1.54, 1.807) is 43.6 Å². The Labute approximate surface area is 273 Å². The lowest BCUT2D eigenvalue weighted by Crippen LogP contribution is -2.23. The van der Waals surface area contributed by atoms with Crippen LogP contribution < -0.4 is 15.4 Å². The Bertz CT molecular complexity index is 1670. The topological polar surface area (TPSA) is 142 Å². The third kappa shape index (κ3) is 10.2. The predicted octanol–water partition coefficient (Wildman–Crippen LogP) is 6.05. The number of amides is 1. The fourth-order valence-corrected chi connectivity index (χ4v) is 4.62. The second-order valence-corrected chi connectivity index (χ2v) is 10.8. The lowest BCUT2D eigenvalue weighted by Gasteiger charge is -2.15. The number of anilines is 3. The van der Waals surface area contributed by atoms with Gasteiger partial charge in [-0.1, -0.05) is 23.7 Å². The van der Waals surface area contributed by atoms with Gasteiger partial charge in [-0.25, -0.2) is 0 Å². The average molecular weight is 645 g/mol. The summed E-state index contributed by atoms with van der Waals surface area (Å²) in [6, 6.07) is 15.9. The average Bonchev–Trinajstić information content (AvgIpc) is 3.65. The van der Waals surface area contributed by atoms with Gasteiger partial charge in [0.25, 0.3) is 0 Å². The number of nitriles is 1. The van der Waals surface area contributed by atoms with Crippen LogP contribution in [0.2, 0.25) is 5.02 Å². The van der Waals surface area contributed by atoms with E-state index < -0.39 is 5.91 Å². The predicted molar refractivity (Wildman–Crippen MR) is 179 cm³/mol. The maximum Gasteiger partial charge on any atom is 0.248 e. The first kappa shape index (κ1) is 34.1. The Morgan fingerprint density at radius 1 is 1.20 bits per heavy atom. The highest BCUT2D eigenvalue weighted by Gasteiger charge is 2.15. The number of halogens is 1. The van der Waals surface area contributed by atoms with Gasteiger partial charge in [-0.05, 0) is 56.3 Å². The van der Waals surface area contributed by atoms with Crippen molar-refractivity contribution in [2.45, 2.75) is 19.4 Å². The molecule has 12 heteroatoms. The van der Waals surface area contributed by atoms with Crippen LogP contribution >= 0.6 is 11.6 Å². The van der Waals surface area contributed by atoms with Crippen molar-refractivity contribution in [2.24, 2.45) is 0 Å². The number of nitrogens with one attached hydrogen (secondary N) is 2. The number of rotatable bonds is 12. The second-order valence-electron chi connectivity index (χ2n) is 10.4. The van der Waals surface area contributed by atoms with Crippen molar-refractivity contribution in [3.8, 4) is 17.6 Å². The molecule has 2 aromatic carbocycles. The zero-order chi connectivity index (χ0) is 32.7. The van der Waals surface area contributed by atoms with Crippen molar-refractivity contribution in [2.75, 3.05) is 57.7 Å². The fourth-order valence-electron chi connectivity index (χ4n) is 4.39. The number of hydrogen-bond donors (Lipinski definition) is 3. The number of phenolic OH excluding ortho intramolecular Hbond substituents is 1. The highest BCUT2D eigenvalue weighted by atomic mass is 35.5. The molecule has 4 aromatic rings. The van der Waals surface area contributed by atoms with Gasteiger partial charge in [-0.3, -0.25) is 14.8 Å². The number of benzene rings is 2. The summed E-state index contributed by atoms with van der Waals surface area (Å²) in [5.41, 5.74) is 2.69. The Kier molecular flexibility index (Phi) is 13.1. The normalized spacial score (nSPS) is 12.5. The van der Waals surface area contributed by atoms with Gasteiger partial charge in [0.2, 0.25) is 5.91 Å². The van der Waals surface area contributed by atoms with Crippen LogP contribution in [-0.4, -0.2) is 72.9 Å². The summed E-state index contributed by atoms with van der Waals surface area (Å²) in [6.07, 6.45) is 8.78. The van der Waals surface area contributed by atoms with Crippen LogP contribution in [0.25, 0.3) is 10.9 Å². The molecule has 5 rings (SSSR count). The van der Waals surface area contributed by atoms with E-state index in [2.05, 4.69) is 26.7 Å². The summed E-state index contributed by atoms with van der Waals surface area (Å²) < 4.78 is 15.8. The Morgan fingerprint density at radius 3 is 2.70 bits per heavy atom. The SMILES string of the molecule is C1CCOC1.COCCN(C)C/C=C/C(=O)Nc1cc2c(Nc3ccc(OCc4ccccn4)c(Cl)c3)c(C#N)cnc2cc1O. The standard InChI is InChI=1S/C30H29ClN6O4.C4H8O/c1-37(12-13-40-2)11-5-7-29(39)36-26-15-23-25(16-27(26)38)34-18-20(17-32)30(23)35-21-8-9-28(24(31)14-21)41-19-22-6-3-4-10-33-22;1-2-4-5-3-1/h3-10,14-16,18,38H,11-13,19H2,1-2H3,(H,34,35)(H,36,39);1-4H2/b7-5+;. The number of pyridine rings is 2. The summed E-state index contributed by atoms with van der Waals surface area (Å²) >= 11 is 6.48. The molecule has 11 nitrogen and oxygen atoms in total. The maximum atomic E-state index is 12.5.